The number of carbonyl (C=O) groups is 2. The summed E-state index contributed by atoms with van der Waals surface area (Å²) in [5.74, 6) is 0.565. The number of hydrogen-bond donors (Lipinski definition) is 1. The van der Waals surface area contributed by atoms with Gasteiger partial charge in [-0.15, -0.1) is 0 Å². The molecule has 2 aromatic rings. The number of para-hydroxylation sites is 1. The van der Waals surface area contributed by atoms with Gasteiger partial charge in [-0.05, 0) is 37.1 Å². The van der Waals surface area contributed by atoms with Crippen molar-refractivity contribution in [2.24, 2.45) is 5.92 Å². The molecule has 2 aliphatic rings. The molecule has 0 unspecified atom stereocenters. The van der Waals surface area contributed by atoms with Crippen LogP contribution in [0.15, 0.2) is 48.7 Å². The summed E-state index contributed by atoms with van der Waals surface area (Å²) in [6.07, 6.45) is 3.25. The van der Waals surface area contributed by atoms with E-state index >= 15 is 0 Å². The highest BCUT2D eigenvalue weighted by Gasteiger charge is 2.29. The minimum atomic E-state index is -0.200. The Bertz CT molecular complexity index is 835. The summed E-state index contributed by atoms with van der Waals surface area (Å²) in [4.78, 5) is 33.9. The van der Waals surface area contributed by atoms with Crippen molar-refractivity contribution in [3.63, 3.8) is 0 Å². The monoisotopic (exact) mass is 394 g/mol. The molecule has 0 aliphatic carbocycles. The van der Waals surface area contributed by atoms with Gasteiger partial charge in [0.15, 0.2) is 0 Å². The number of hydrogen-bond acceptors (Lipinski definition) is 5. The van der Waals surface area contributed by atoms with E-state index in [0.717, 1.165) is 37.4 Å². The molecule has 2 fully saturated rings. The summed E-state index contributed by atoms with van der Waals surface area (Å²) in [6.45, 7) is 4.11. The predicted molar refractivity (Wildman–Crippen MR) is 111 cm³/mol. The molecule has 7 nitrogen and oxygen atoms in total. The highest BCUT2D eigenvalue weighted by atomic mass is 16.5. The minimum Gasteiger partial charge on any atom is -0.378 e. The van der Waals surface area contributed by atoms with Crippen LogP contribution in [-0.2, 0) is 9.53 Å². The minimum absolute atomic E-state index is 0.0329. The summed E-state index contributed by atoms with van der Waals surface area (Å²) in [7, 11) is 0. The van der Waals surface area contributed by atoms with E-state index in [4.69, 9.17) is 4.74 Å². The molecule has 0 radical (unpaired) electrons. The number of rotatable bonds is 4. The summed E-state index contributed by atoms with van der Waals surface area (Å²) >= 11 is 0. The van der Waals surface area contributed by atoms with Crippen LogP contribution in [0.3, 0.4) is 0 Å². The Hall–Kier alpha value is -2.93. The third-order valence-corrected chi connectivity index (χ3v) is 5.45. The van der Waals surface area contributed by atoms with E-state index in [0.29, 0.717) is 31.9 Å². The van der Waals surface area contributed by atoms with Crippen LogP contribution in [-0.4, -0.2) is 61.1 Å². The molecule has 29 heavy (non-hydrogen) atoms. The lowest BCUT2D eigenvalue weighted by molar-refractivity contribution is -0.121. The maximum atomic E-state index is 12.9. The third kappa shape index (κ3) is 4.74. The van der Waals surface area contributed by atoms with Crippen molar-refractivity contribution in [3.05, 3.63) is 54.2 Å². The quantitative estimate of drug-likeness (QED) is 0.862. The van der Waals surface area contributed by atoms with E-state index in [9.17, 15) is 9.59 Å². The molecule has 2 saturated heterocycles. The smallest absolute Gasteiger partial charge is 0.255 e. The Morgan fingerprint density at radius 2 is 1.83 bits per heavy atom. The van der Waals surface area contributed by atoms with Crippen LogP contribution < -0.4 is 10.2 Å². The molecule has 1 aromatic carbocycles. The molecule has 1 aromatic heterocycles. The second-order valence-corrected chi connectivity index (χ2v) is 7.45. The van der Waals surface area contributed by atoms with Gasteiger partial charge in [0, 0.05) is 38.1 Å². The molecule has 0 bridgehead atoms. The lowest BCUT2D eigenvalue weighted by atomic mass is 9.96. The average Bonchev–Trinajstić information content (AvgIpc) is 2.80. The first kappa shape index (κ1) is 19.4. The number of morpholine rings is 1. The molecule has 152 valence electrons. The zero-order valence-electron chi connectivity index (χ0n) is 16.4. The van der Waals surface area contributed by atoms with Gasteiger partial charge < -0.3 is 19.9 Å². The van der Waals surface area contributed by atoms with Crippen LogP contribution in [0.2, 0.25) is 0 Å². The molecule has 7 heteroatoms. The van der Waals surface area contributed by atoms with E-state index < -0.39 is 0 Å². The van der Waals surface area contributed by atoms with Crippen LogP contribution in [0.25, 0.3) is 0 Å². The second kappa shape index (κ2) is 9.05. The number of amides is 2. The maximum absolute atomic E-state index is 12.9. The van der Waals surface area contributed by atoms with Crippen molar-refractivity contribution < 1.29 is 14.3 Å². The number of nitrogens with one attached hydrogen (secondary N) is 1. The summed E-state index contributed by atoms with van der Waals surface area (Å²) in [5, 5.41) is 2.95. The van der Waals surface area contributed by atoms with Crippen molar-refractivity contribution in [2.75, 3.05) is 49.6 Å². The second-order valence-electron chi connectivity index (χ2n) is 7.45. The van der Waals surface area contributed by atoms with Crippen molar-refractivity contribution in [1.82, 2.24) is 9.88 Å². The van der Waals surface area contributed by atoms with E-state index in [1.54, 1.807) is 11.1 Å². The molecular weight excluding hydrogens is 368 g/mol. The topological polar surface area (TPSA) is 74.8 Å². The molecular formula is C22H26N4O3. The number of carbonyl (C=O) groups excluding carboxylic acids is 2. The number of benzene rings is 1. The van der Waals surface area contributed by atoms with E-state index in [1.165, 1.54) is 0 Å². The summed E-state index contributed by atoms with van der Waals surface area (Å²) in [5.41, 5.74) is 1.34. The molecule has 2 amide bonds. The van der Waals surface area contributed by atoms with Gasteiger partial charge in [0.25, 0.3) is 5.91 Å². The fourth-order valence-corrected chi connectivity index (χ4v) is 3.82. The fraction of sp³-hybridized carbons (Fsp3) is 0.409. The van der Waals surface area contributed by atoms with Gasteiger partial charge in [-0.25, -0.2) is 4.98 Å². The van der Waals surface area contributed by atoms with Gasteiger partial charge in [-0.2, -0.15) is 0 Å². The summed E-state index contributed by atoms with van der Waals surface area (Å²) < 4.78 is 5.37. The maximum Gasteiger partial charge on any atom is 0.255 e. The first-order valence-corrected chi connectivity index (χ1v) is 10.1. The third-order valence-electron chi connectivity index (χ3n) is 5.45. The van der Waals surface area contributed by atoms with Crippen LogP contribution in [0, 0.1) is 5.92 Å². The number of pyridine rings is 1. The molecule has 1 atom stereocenters. The highest BCUT2D eigenvalue weighted by Crippen LogP contribution is 2.21. The largest absolute Gasteiger partial charge is 0.378 e. The van der Waals surface area contributed by atoms with Gasteiger partial charge in [0.05, 0.1) is 24.7 Å². The number of likely N-dealkylation sites (tertiary alicyclic amines) is 1. The van der Waals surface area contributed by atoms with E-state index in [-0.39, 0.29) is 17.7 Å². The highest BCUT2D eigenvalue weighted by molar-refractivity contribution is 5.96. The van der Waals surface area contributed by atoms with Gasteiger partial charge >= 0.3 is 0 Å². The lowest BCUT2D eigenvalue weighted by Crippen LogP contribution is -2.43. The Labute approximate surface area is 170 Å². The van der Waals surface area contributed by atoms with Crippen LogP contribution in [0.4, 0.5) is 11.5 Å². The van der Waals surface area contributed by atoms with E-state index in [1.807, 2.05) is 42.5 Å². The molecule has 2 aliphatic heterocycles. The van der Waals surface area contributed by atoms with Crippen molar-refractivity contribution in [1.29, 1.82) is 0 Å². The van der Waals surface area contributed by atoms with Gasteiger partial charge in [0.2, 0.25) is 5.91 Å². The van der Waals surface area contributed by atoms with Crippen LogP contribution in [0.1, 0.15) is 23.2 Å². The Kier molecular flexibility index (Phi) is 6.05. The number of aromatic nitrogens is 1. The first-order valence-electron chi connectivity index (χ1n) is 10.1. The Morgan fingerprint density at radius 3 is 2.55 bits per heavy atom. The van der Waals surface area contributed by atoms with Crippen molar-refractivity contribution in [2.45, 2.75) is 12.8 Å². The van der Waals surface area contributed by atoms with Crippen LogP contribution in [0.5, 0.6) is 0 Å². The number of ether oxygens (including phenoxy) is 1. The first-order chi connectivity index (χ1) is 14.2. The fourth-order valence-electron chi connectivity index (χ4n) is 3.82. The Balaban J connectivity index is 1.37. The van der Waals surface area contributed by atoms with Crippen LogP contribution >= 0.6 is 0 Å². The number of piperidine rings is 1. The number of nitrogens with zero attached hydrogens (tertiary/aromatic N) is 3. The number of anilines is 2. The lowest BCUT2D eigenvalue weighted by Gasteiger charge is -2.32. The molecule has 0 saturated carbocycles. The van der Waals surface area contributed by atoms with Crippen molar-refractivity contribution in [3.8, 4) is 0 Å². The predicted octanol–water partition coefficient (Wildman–Crippen LogP) is 2.41. The normalized spacial score (nSPS) is 19.7. The molecule has 0 spiro atoms. The van der Waals surface area contributed by atoms with E-state index in [2.05, 4.69) is 15.2 Å². The van der Waals surface area contributed by atoms with Gasteiger partial charge in [-0.3, -0.25) is 9.59 Å². The standard InChI is InChI=1S/C22H26N4O3/c27-21(24-19-6-2-1-3-7-19)18-5-4-10-26(16-18)22(28)17-8-9-20(23-15-17)25-11-13-29-14-12-25/h1-3,6-9,15,18H,4-5,10-14,16H2,(H,24,27)/t18-/m0/s1. The van der Waals surface area contributed by atoms with Gasteiger partial charge in [-0.1, -0.05) is 18.2 Å². The van der Waals surface area contributed by atoms with Gasteiger partial charge in [0.1, 0.15) is 5.82 Å². The zero-order valence-corrected chi connectivity index (χ0v) is 16.4. The molecule has 3 heterocycles. The van der Waals surface area contributed by atoms with Crippen molar-refractivity contribution >= 4 is 23.3 Å². The molecule has 4 rings (SSSR count). The summed E-state index contributed by atoms with van der Waals surface area (Å²) in [6, 6.07) is 13.1. The SMILES string of the molecule is O=C(Nc1ccccc1)[C@H]1CCCN(C(=O)c2ccc(N3CCOCC3)nc2)C1. The zero-order chi connectivity index (χ0) is 20.1. The Morgan fingerprint density at radius 1 is 1.03 bits per heavy atom. The molecule has 1 N–H and O–H groups in total. The average molecular weight is 394 g/mol.